The number of nitrogens with zero attached hydrogens (tertiary/aromatic N) is 1. The first-order chi connectivity index (χ1) is 9.67. The van der Waals surface area contributed by atoms with Crippen LogP contribution in [0.25, 0.3) is 11.1 Å². The Morgan fingerprint density at radius 2 is 2.05 bits per heavy atom. The summed E-state index contributed by atoms with van der Waals surface area (Å²) in [5.41, 5.74) is 2.48. The Hall–Kier alpha value is -1.71. The maximum atomic E-state index is 12.2. The van der Waals surface area contributed by atoms with Gasteiger partial charge in [-0.25, -0.2) is 0 Å². The molecule has 2 rings (SSSR count). The number of nitrogens with one attached hydrogen (secondary N) is 1. The number of fused-ring (bicyclic) bond motifs is 1. The first kappa shape index (κ1) is 14.7. The summed E-state index contributed by atoms with van der Waals surface area (Å²) < 4.78 is 7.61. The van der Waals surface area contributed by atoms with Crippen LogP contribution in [0.1, 0.15) is 55.8 Å². The third-order valence-corrected chi connectivity index (χ3v) is 3.58. The van der Waals surface area contributed by atoms with E-state index in [9.17, 15) is 4.79 Å². The molecule has 1 amide bonds. The maximum absolute atomic E-state index is 12.2. The van der Waals surface area contributed by atoms with Crippen molar-refractivity contribution in [1.29, 1.82) is 0 Å². The fourth-order valence-electron chi connectivity index (χ4n) is 2.54. The van der Waals surface area contributed by atoms with Crippen molar-refractivity contribution < 1.29 is 9.21 Å². The SMILES string of the molecule is CCCCCCNC(=O)c1cc2oc(C)cc2n1CC. The van der Waals surface area contributed by atoms with E-state index in [0.717, 1.165) is 36.4 Å². The van der Waals surface area contributed by atoms with Gasteiger partial charge >= 0.3 is 0 Å². The van der Waals surface area contributed by atoms with E-state index in [1.165, 1.54) is 19.3 Å². The second kappa shape index (κ2) is 6.64. The highest BCUT2D eigenvalue weighted by Crippen LogP contribution is 2.23. The second-order valence-electron chi connectivity index (χ2n) is 5.20. The summed E-state index contributed by atoms with van der Waals surface area (Å²) in [5, 5.41) is 3.00. The fraction of sp³-hybridized carbons (Fsp3) is 0.562. The summed E-state index contributed by atoms with van der Waals surface area (Å²) in [7, 11) is 0. The normalized spacial score (nSPS) is 11.2. The Morgan fingerprint density at radius 1 is 1.25 bits per heavy atom. The van der Waals surface area contributed by atoms with E-state index in [0.29, 0.717) is 5.69 Å². The Kier molecular flexibility index (Phi) is 4.88. The molecule has 2 aromatic heterocycles. The Balaban J connectivity index is 2.04. The molecule has 4 heteroatoms. The van der Waals surface area contributed by atoms with Crippen molar-refractivity contribution in [3.8, 4) is 0 Å². The molecule has 0 aliphatic rings. The number of carbonyl (C=O) groups is 1. The predicted octanol–water partition coefficient (Wildman–Crippen LogP) is 3.87. The van der Waals surface area contributed by atoms with Gasteiger partial charge in [0.25, 0.3) is 5.91 Å². The average molecular weight is 276 g/mol. The van der Waals surface area contributed by atoms with Crippen molar-refractivity contribution in [2.24, 2.45) is 0 Å². The molecule has 4 nitrogen and oxygen atoms in total. The van der Waals surface area contributed by atoms with Crippen LogP contribution in [0.2, 0.25) is 0 Å². The Morgan fingerprint density at radius 3 is 2.75 bits per heavy atom. The van der Waals surface area contributed by atoms with E-state index in [1.807, 2.05) is 30.5 Å². The average Bonchev–Trinajstić information content (AvgIpc) is 2.93. The molecular formula is C16H24N2O2. The zero-order valence-corrected chi connectivity index (χ0v) is 12.7. The van der Waals surface area contributed by atoms with Crippen LogP contribution < -0.4 is 5.32 Å². The number of hydrogen-bond donors (Lipinski definition) is 1. The highest BCUT2D eigenvalue weighted by molar-refractivity contribution is 5.97. The van der Waals surface area contributed by atoms with E-state index in [-0.39, 0.29) is 5.91 Å². The van der Waals surface area contributed by atoms with Crippen molar-refractivity contribution in [3.05, 3.63) is 23.6 Å². The van der Waals surface area contributed by atoms with Gasteiger partial charge in [0.05, 0.1) is 5.52 Å². The van der Waals surface area contributed by atoms with Crippen molar-refractivity contribution >= 4 is 17.0 Å². The monoisotopic (exact) mass is 276 g/mol. The molecule has 20 heavy (non-hydrogen) atoms. The van der Waals surface area contributed by atoms with Gasteiger partial charge in [0.1, 0.15) is 11.5 Å². The van der Waals surface area contributed by atoms with Crippen LogP contribution in [0.4, 0.5) is 0 Å². The molecule has 0 saturated heterocycles. The van der Waals surface area contributed by atoms with E-state index >= 15 is 0 Å². The third kappa shape index (κ3) is 3.06. The van der Waals surface area contributed by atoms with Crippen molar-refractivity contribution in [3.63, 3.8) is 0 Å². The van der Waals surface area contributed by atoms with E-state index in [2.05, 4.69) is 12.2 Å². The summed E-state index contributed by atoms with van der Waals surface area (Å²) in [6.45, 7) is 7.66. The quantitative estimate of drug-likeness (QED) is 0.780. The van der Waals surface area contributed by atoms with Gasteiger partial charge in [-0.3, -0.25) is 4.79 Å². The molecule has 0 atom stereocenters. The topological polar surface area (TPSA) is 47.2 Å². The minimum Gasteiger partial charge on any atom is -0.460 e. The van der Waals surface area contributed by atoms with Gasteiger partial charge in [-0.15, -0.1) is 0 Å². The summed E-state index contributed by atoms with van der Waals surface area (Å²) in [6, 6.07) is 3.82. The first-order valence-electron chi connectivity index (χ1n) is 7.55. The van der Waals surface area contributed by atoms with E-state index in [1.54, 1.807) is 0 Å². The number of aryl methyl sites for hydroxylation is 2. The van der Waals surface area contributed by atoms with E-state index < -0.39 is 0 Å². The molecular weight excluding hydrogens is 252 g/mol. The Bertz CT molecular complexity index is 581. The molecule has 0 bridgehead atoms. The minimum absolute atomic E-state index is 0.00704. The number of carbonyl (C=O) groups excluding carboxylic acids is 1. The fourth-order valence-corrected chi connectivity index (χ4v) is 2.54. The lowest BCUT2D eigenvalue weighted by molar-refractivity contribution is 0.0944. The first-order valence-corrected chi connectivity index (χ1v) is 7.55. The zero-order valence-electron chi connectivity index (χ0n) is 12.7. The minimum atomic E-state index is -0.00704. The molecule has 0 aliphatic heterocycles. The highest BCUT2D eigenvalue weighted by Gasteiger charge is 2.16. The summed E-state index contributed by atoms with van der Waals surface area (Å²) in [6.07, 6.45) is 4.66. The van der Waals surface area contributed by atoms with Crippen LogP contribution >= 0.6 is 0 Å². The summed E-state index contributed by atoms with van der Waals surface area (Å²) >= 11 is 0. The van der Waals surface area contributed by atoms with Gasteiger partial charge in [0.15, 0.2) is 5.58 Å². The molecule has 2 aromatic rings. The number of aromatic nitrogens is 1. The largest absolute Gasteiger partial charge is 0.460 e. The molecule has 0 aromatic carbocycles. The van der Waals surface area contributed by atoms with Gasteiger partial charge in [0.2, 0.25) is 0 Å². The van der Waals surface area contributed by atoms with Crippen LogP contribution in [0, 0.1) is 6.92 Å². The number of amides is 1. The van der Waals surface area contributed by atoms with Gasteiger partial charge in [-0.2, -0.15) is 0 Å². The van der Waals surface area contributed by atoms with Crippen LogP contribution in [-0.4, -0.2) is 17.0 Å². The lowest BCUT2D eigenvalue weighted by atomic mass is 10.2. The number of rotatable bonds is 7. The molecule has 0 spiro atoms. The third-order valence-electron chi connectivity index (χ3n) is 3.58. The van der Waals surface area contributed by atoms with Crippen LogP contribution in [0.3, 0.4) is 0 Å². The molecule has 0 radical (unpaired) electrons. The predicted molar refractivity (Wildman–Crippen MR) is 81.1 cm³/mol. The van der Waals surface area contributed by atoms with Gasteiger partial charge in [0, 0.05) is 25.2 Å². The second-order valence-corrected chi connectivity index (χ2v) is 5.20. The van der Waals surface area contributed by atoms with E-state index in [4.69, 9.17) is 4.42 Å². The molecule has 2 heterocycles. The standard InChI is InChI=1S/C16H24N2O2/c1-4-6-7-8-9-17-16(19)14-11-15-13(18(14)5-2)10-12(3)20-15/h10-11H,4-9H2,1-3H3,(H,17,19). The number of hydrogen-bond acceptors (Lipinski definition) is 2. The molecule has 110 valence electrons. The number of unbranched alkanes of at least 4 members (excludes halogenated alkanes) is 3. The molecule has 1 N–H and O–H groups in total. The van der Waals surface area contributed by atoms with Crippen LogP contribution in [-0.2, 0) is 6.54 Å². The van der Waals surface area contributed by atoms with Crippen LogP contribution in [0.5, 0.6) is 0 Å². The molecule has 0 fully saturated rings. The maximum Gasteiger partial charge on any atom is 0.268 e. The van der Waals surface area contributed by atoms with Crippen molar-refractivity contribution in [2.45, 2.75) is 53.0 Å². The van der Waals surface area contributed by atoms with Gasteiger partial charge in [-0.05, 0) is 20.3 Å². The summed E-state index contributed by atoms with van der Waals surface area (Å²) in [5.74, 6) is 0.871. The van der Waals surface area contributed by atoms with Gasteiger partial charge < -0.3 is 14.3 Å². The lowest BCUT2D eigenvalue weighted by Crippen LogP contribution is -2.26. The van der Waals surface area contributed by atoms with Crippen LogP contribution in [0.15, 0.2) is 16.5 Å². The molecule has 0 aliphatic carbocycles. The zero-order chi connectivity index (χ0) is 14.5. The summed E-state index contributed by atoms with van der Waals surface area (Å²) in [4.78, 5) is 12.2. The number of furan rings is 1. The van der Waals surface area contributed by atoms with Crippen molar-refractivity contribution in [2.75, 3.05) is 6.54 Å². The van der Waals surface area contributed by atoms with Crippen molar-refractivity contribution in [1.82, 2.24) is 9.88 Å². The Labute approximate surface area is 120 Å². The van der Waals surface area contributed by atoms with Gasteiger partial charge in [-0.1, -0.05) is 26.2 Å². The molecule has 0 unspecified atom stereocenters. The lowest BCUT2D eigenvalue weighted by Gasteiger charge is -2.08. The highest BCUT2D eigenvalue weighted by atomic mass is 16.3. The smallest absolute Gasteiger partial charge is 0.268 e. The molecule has 0 saturated carbocycles.